The van der Waals surface area contributed by atoms with E-state index >= 15 is 0 Å². The third kappa shape index (κ3) is 1.99. The molecule has 2 aromatic carbocycles. The third-order valence-corrected chi connectivity index (χ3v) is 4.15. The zero-order chi connectivity index (χ0) is 15.3. The molecule has 0 saturated heterocycles. The van der Waals surface area contributed by atoms with Crippen molar-refractivity contribution in [2.24, 2.45) is 0 Å². The van der Waals surface area contributed by atoms with E-state index in [0.717, 1.165) is 28.2 Å². The van der Waals surface area contributed by atoms with E-state index in [1.807, 2.05) is 29.8 Å². The zero-order valence-electron chi connectivity index (χ0n) is 11.8. The van der Waals surface area contributed by atoms with Crippen LogP contribution < -0.4 is 5.32 Å². The van der Waals surface area contributed by atoms with Gasteiger partial charge in [0.1, 0.15) is 12.0 Å². The molecule has 0 spiro atoms. The summed E-state index contributed by atoms with van der Waals surface area (Å²) in [7, 11) is 0. The predicted octanol–water partition coefficient (Wildman–Crippen LogP) is 4.62. The van der Waals surface area contributed by atoms with Gasteiger partial charge in [0.2, 0.25) is 0 Å². The molecule has 110 valence electrons. The Bertz CT molecular complexity index is 872. The maximum Gasteiger partial charge on any atom is 0.147 e. The number of para-hydroxylation sites is 1. The molecule has 5 heteroatoms. The van der Waals surface area contributed by atoms with Crippen molar-refractivity contribution in [2.75, 3.05) is 5.32 Å². The summed E-state index contributed by atoms with van der Waals surface area (Å²) in [5.41, 5.74) is 4.97. The molecule has 1 aliphatic heterocycles. The Hall–Kier alpha value is -2.33. The predicted molar refractivity (Wildman–Crippen MR) is 85.6 cm³/mol. The van der Waals surface area contributed by atoms with Gasteiger partial charge in [0, 0.05) is 11.3 Å². The molecule has 0 fully saturated rings. The van der Waals surface area contributed by atoms with E-state index in [1.165, 1.54) is 6.07 Å². The van der Waals surface area contributed by atoms with Crippen LogP contribution in [-0.2, 0) is 0 Å². The van der Waals surface area contributed by atoms with E-state index in [2.05, 4.69) is 22.5 Å². The first-order chi connectivity index (χ1) is 10.6. The van der Waals surface area contributed by atoms with Gasteiger partial charge in [0.25, 0.3) is 0 Å². The molecule has 1 N–H and O–H groups in total. The van der Waals surface area contributed by atoms with E-state index < -0.39 is 5.82 Å². The summed E-state index contributed by atoms with van der Waals surface area (Å²) in [6.45, 7) is 1.96. The van der Waals surface area contributed by atoms with Crippen molar-refractivity contribution in [1.82, 2.24) is 9.78 Å². The number of nitrogens with one attached hydrogen (secondary N) is 1. The molecule has 0 saturated carbocycles. The summed E-state index contributed by atoms with van der Waals surface area (Å²) >= 11 is 5.93. The lowest BCUT2D eigenvalue weighted by Crippen LogP contribution is -2.25. The van der Waals surface area contributed by atoms with Crippen molar-refractivity contribution < 1.29 is 4.39 Å². The van der Waals surface area contributed by atoms with Crippen LogP contribution in [0.4, 0.5) is 10.1 Å². The van der Waals surface area contributed by atoms with Gasteiger partial charge in [-0.3, -0.25) is 0 Å². The second-order valence-corrected chi connectivity index (χ2v) is 5.79. The minimum absolute atomic E-state index is 0.114. The third-order valence-electron chi connectivity index (χ3n) is 3.86. The summed E-state index contributed by atoms with van der Waals surface area (Å²) in [6, 6.07) is 14.9. The van der Waals surface area contributed by atoms with Gasteiger partial charge in [-0.05, 0) is 36.8 Å². The average Bonchev–Trinajstić information content (AvgIpc) is 2.91. The summed E-state index contributed by atoms with van der Waals surface area (Å²) in [5.74, 6) is -0.418. The molecule has 0 radical (unpaired) electrons. The number of rotatable bonds is 1. The molecule has 4 rings (SSSR count). The summed E-state index contributed by atoms with van der Waals surface area (Å²) in [4.78, 5) is 0. The Kier molecular flexibility index (Phi) is 2.94. The molecule has 22 heavy (non-hydrogen) atoms. The molecule has 3 aromatic rings. The number of benzene rings is 2. The number of fused-ring (bicyclic) bond motifs is 3. The van der Waals surface area contributed by atoms with E-state index in [0.29, 0.717) is 0 Å². The second-order valence-electron chi connectivity index (χ2n) is 5.38. The molecular formula is C17H13ClFN3. The molecule has 2 heterocycles. The Morgan fingerprint density at radius 3 is 2.82 bits per heavy atom. The van der Waals surface area contributed by atoms with Crippen molar-refractivity contribution in [3.63, 3.8) is 0 Å². The largest absolute Gasteiger partial charge is 0.359 e. The summed E-state index contributed by atoms with van der Waals surface area (Å²) < 4.78 is 15.3. The molecule has 3 nitrogen and oxygen atoms in total. The van der Waals surface area contributed by atoms with Crippen LogP contribution in [0.25, 0.3) is 11.3 Å². The number of hydrogen-bond acceptors (Lipinski definition) is 2. The number of nitrogens with zero attached hydrogens (tertiary/aromatic N) is 2. The van der Waals surface area contributed by atoms with E-state index in [1.54, 1.807) is 12.1 Å². The normalized spacial score (nSPS) is 15.9. The van der Waals surface area contributed by atoms with Crippen molar-refractivity contribution in [3.05, 3.63) is 70.6 Å². The highest BCUT2D eigenvalue weighted by Gasteiger charge is 2.26. The number of anilines is 1. The van der Waals surface area contributed by atoms with Gasteiger partial charge < -0.3 is 5.32 Å². The quantitative estimate of drug-likeness (QED) is 0.710. The number of aromatic nitrogens is 2. The van der Waals surface area contributed by atoms with Crippen LogP contribution in [0.2, 0.25) is 5.02 Å². The molecule has 1 aliphatic rings. The number of hydrogen-bond donors (Lipinski definition) is 1. The smallest absolute Gasteiger partial charge is 0.147 e. The van der Waals surface area contributed by atoms with Gasteiger partial charge in [-0.1, -0.05) is 35.9 Å². The fraction of sp³-hybridized carbons (Fsp3) is 0.118. The number of halogens is 2. The first kappa shape index (κ1) is 13.3. The van der Waals surface area contributed by atoms with Crippen LogP contribution in [-0.4, -0.2) is 9.78 Å². The Morgan fingerprint density at radius 2 is 2.00 bits per heavy atom. The summed E-state index contributed by atoms with van der Waals surface area (Å²) in [5, 5.41) is 8.14. The molecule has 1 aromatic heterocycles. The lowest BCUT2D eigenvalue weighted by Gasteiger charge is -2.29. The molecule has 1 unspecified atom stereocenters. The van der Waals surface area contributed by atoms with Crippen molar-refractivity contribution in [3.8, 4) is 11.3 Å². The monoisotopic (exact) mass is 313 g/mol. The van der Waals surface area contributed by atoms with Crippen LogP contribution in [0.1, 0.15) is 17.4 Å². The lowest BCUT2D eigenvalue weighted by atomic mass is 10.0. The minimum Gasteiger partial charge on any atom is -0.359 e. The standard InChI is InChI=1S/C17H13ClFN3/c1-10-8-16-12-4-2-3-5-15(12)20-17(22(16)21-10)11-6-7-14(19)13(18)9-11/h2-9,17,20H,1H3. The van der Waals surface area contributed by atoms with Gasteiger partial charge >= 0.3 is 0 Å². The minimum atomic E-state index is -0.418. The SMILES string of the molecule is Cc1cc2n(n1)C(c1ccc(F)c(Cl)c1)Nc1ccccc1-2. The number of aryl methyl sites for hydroxylation is 1. The van der Waals surface area contributed by atoms with E-state index in [9.17, 15) is 4.39 Å². The Morgan fingerprint density at radius 1 is 1.18 bits per heavy atom. The highest BCUT2D eigenvalue weighted by molar-refractivity contribution is 6.30. The maximum atomic E-state index is 13.4. The van der Waals surface area contributed by atoms with Crippen molar-refractivity contribution in [1.29, 1.82) is 0 Å². The Labute approximate surface area is 132 Å². The second kappa shape index (κ2) is 4.85. The van der Waals surface area contributed by atoms with Gasteiger partial charge in [-0.2, -0.15) is 5.10 Å². The summed E-state index contributed by atoms with van der Waals surface area (Å²) in [6.07, 6.45) is -0.211. The van der Waals surface area contributed by atoms with Crippen LogP contribution in [0.5, 0.6) is 0 Å². The van der Waals surface area contributed by atoms with Gasteiger partial charge in [0.15, 0.2) is 0 Å². The topological polar surface area (TPSA) is 29.9 Å². The average molecular weight is 314 g/mol. The Balaban J connectivity index is 1.90. The van der Waals surface area contributed by atoms with Gasteiger partial charge in [-0.15, -0.1) is 0 Å². The fourth-order valence-electron chi connectivity index (χ4n) is 2.86. The molecule has 0 bridgehead atoms. The zero-order valence-corrected chi connectivity index (χ0v) is 12.6. The van der Waals surface area contributed by atoms with E-state index in [4.69, 9.17) is 11.6 Å². The lowest BCUT2D eigenvalue weighted by molar-refractivity contribution is 0.568. The first-order valence-corrected chi connectivity index (χ1v) is 7.38. The van der Waals surface area contributed by atoms with Gasteiger partial charge in [0.05, 0.1) is 16.4 Å². The highest BCUT2D eigenvalue weighted by atomic mass is 35.5. The molecule has 0 aliphatic carbocycles. The van der Waals surface area contributed by atoms with Crippen LogP contribution in [0.3, 0.4) is 0 Å². The molecular weight excluding hydrogens is 301 g/mol. The maximum absolute atomic E-state index is 13.4. The van der Waals surface area contributed by atoms with Gasteiger partial charge in [-0.25, -0.2) is 9.07 Å². The van der Waals surface area contributed by atoms with Crippen LogP contribution in [0.15, 0.2) is 48.5 Å². The van der Waals surface area contributed by atoms with Crippen molar-refractivity contribution >= 4 is 17.3 Å². The molecule has 0 amide bonds. The van der Waals surface area contributed by atoms with E-state index in [-0.39, 0.29) is 11.2 Å². The first-order valence-electron chi connectivity index (χ1n) is 7.00. The van der Waals surface area contributed by atoms with Crippen LogP contribution in [0, 0.1) is 12.7 Å². The van der Waals surface area contributed by atoms with Crippen molar-refractivity contribution in [2.45, 2.75) is 13.1 Å². The highest BCUT2D eigenvalue weighted by Crippen LogP contribution is 2.38. The fourth-order valence-corrected chi connectivity index (χ4v) is 3.05. The molecule has 1 atom stereocenters. The van der Waals surface area contributed by atoms with Crippen LogP contribution >= 0.6 is 11.6 Å².